The van der Waals surface area contributed by atoms with Gasteiger partial charge in [-0.15, -0.1) is 0 Å². The zero-order valence-electron chi connectivity index (χ0n) is 10.9. The summed E-state index contributed by atoms with van der Waals surface area (Å²) in [5, 5.41) is 12.7. The normalized spacial score (nSPS) is 13.8. The molecule has 3 rings (SSSR count). The molecule has 0 saturated heterocycles. The molecule has 6 nitrogen and oxygen atoms in total. The predicted octanol–water partition coefficient (Wildman–Crippen LogP) is 2.51. The van der Waals surface area contributed by atoms with Crippen LogP contribution in [0.1, 0.15) is 22.7 Å². The van der Waals surface area contributed by atoms with Gasteiger partial charge in [-0.05, 0) is 24.6 Å². The number of benzene rings is 1. The maximum absolute atomic E-state index is 11.2. The summed E-state index contributed by atoms with van der Waals surface area (Å²) in [6.45, 7) is 2.86. The van der Waals surface area contributed by atoms with Crippen molar-refractivity contribution in [1.82, 2.24) is 5.16 Å². The molecule has 1 aromatic carbocycles. The van der Waals surface area contributed by atoms with Crippen LogP contribution in [0, 0.1) is 6.92 Å². The van der Waals surface area contributed by atoms with Gasteiger partial charge in [0.1, 0.15) is 5.76 Å². The van der Waals surface area contributed by atoms with Crippen molar-refractivity contribution in [1.29, 1.82) is 0 Å². The number of carboxylic acids is 1. The molecule has 0 bridgehead atoms. The zero-order chi connectivity index (χ0) is 14.1. The highest BCUT2D eigenvalue weighted by Gasteiger charge is 2.22. The van der Waals surface area contributed by atoms with Crippen molar-refractivity contribution in [2.45, 2.75) is 13.3 Å². The van der Waals surface area contributed by atoms with Crippen LogP contribution in [0.4, 0.5) is 0 Å². The number of carbonyl (C=O) groups is 1. The van der Waals surface area contributed by atoms with Crippen LogP contribution in [0.25, 0.3) is 11.1 Å². The molecule has 6 heteroatoms. The number of aromatic nitrogens is 1. The number of fused-ring (bicyclic) bond motifs is 1. The third kappa shape index (κ3) is 2.09. The standard InChI is InChI=1S/C14H13NO5/c1-8-12(13(14(16)17)15-20-8)9-3-4-10-11(7-9)19-6-2-5-18-10/h3-4,7H,2,5-6H2,1H3,(H,16,17). The second-order valence-corrected chi connectivity index (χ2v) is 4.48. The smallest absolute Gasteiger partial charge is 0.358 e. The minimum atomic E-state index is -1.12. The van der Waals surface area contributed by atoms with E-state index in [4.69, 9.17) is 19.1 Å². The van der Waals surface area contributed by atoms with Crippen LogP contribution < -0.4 is 9.47 Å². The van der Waals surface area contributed by atoms with Crippen molar-refractivity contribution in [2.24, 2.45) is 0 Å². The maximum atomic E-state index is 11.2. The van der Waals surface area contributed by atoms with E-state index in [1.54, 1.807) is 25.1 Å². The van der Waals surface area contributed by atoms with E-state index in [1.807, 2.05) is 0 Å². The first-order valence-electron chi connectivity index (χ1n) is 6.26. The van der Waals surface area contributed by atoms with E-state index in [-0.39, 0.29) is 5.69 Å². The van der Waals surface area contributed by atoms with Gasteiger partial charge in [0.05, 0.1) is 18.8 Å². The lowest BCUT2D eigenvalue weighted by atomic mass is 10.0. The number of ether oxygens (including phenoxy) is 2. The molecule has 0 atom stereocenters. The fourth-order valence-corrected chi connectivity index (χ4v) is 2.18. The third-order valence-corrected chi connectivity index (χ3v) is 3.10. The van der Waals surface area contributed by atoms with E-state index < -0.39 is 5.97 Å². The van der Waals surface area contributed by atoms with Gasteiger partial charge in [0.25, 0.3) is 0 Å². The molecule has 0 fully saturated rings. The minimum absolute atomic E-state index is 0.100. The lowest BCUT2D eigenvalue weighted by Gasteiger charge is -2.09. The predicted molar refractivity (Wildman–Crippen MR) is 69.2 cm³/mol. The third-order valence-electron chi connectivity index (χ3n) is 3.10. The van der Waals surface area contributed by atoms with Gasteiger partial charge in [-0.25, -0.2) is 4.79 Å². The van der Waals surface area contributed by atoms with E-state index in [0.29, 0.717) is 41.6 Å². The molecule has 2 aromatic rings. The largest absolute Gasteiger partial charge is 0.490 e. The van der Waals surface area contributed by atoms with Crippen LogP contribution in [0.15, 0.2) is 22.7 Å². The van der Waals surface area contributed by atoms with Crippen molar-refractivity contribution in [3.63, 3.8) is 0 Å². The summed E-state index contributed by atoms with van der Waals surface area (Å²) in [4.78, 5) is 11.2. The quantitative estimate of drug-likeness (QED) is 0.906. The summed E-state index contributed by atoms with van der Waals surface area (Å²) in [5.74, 6) is 0.607. The number of aromatic carboxylic acids is 1. The molecule has 1 aliphatic rings. The molecule has 0 spiro atoms. The lowest BCUT2D eigenvalue weighted by Crippen LogP contribution is -1.99. The SMILES string of the molecule is Cc1onc(C(=O)O)c1-c1ccc2c(c1)OCCCO2. The van der Waals surface area contributed by atoms with E-state index >= 15 is 0 Å². The number of hydrogen-bond acceptors (Lipinski definition) is 5. The van der Waals surface area contributed by atoms with Gasteiger partial charge < -0.3 is 19.1 Å². The van der Waals surface area contributed by atoms with E-state index in [2.05, 4.69) is 5.16 Å². The zero-order valence-corrected chi connectivity index (χ0v) is 10.9. The number of aryl methyl sites for hydroxylation is 1. The van der Waals surface area contributed by atoms with Gasteiger partial charge >= 0.3 is 5.97 Å². The summed E-state index contributed by atoms with van der Waals surface area (Å²) in [5.41, 5.74) is 1.05. The van der Waals surface area contributed by atoms with Gasteiger partial charge in [0.15, 0.2) is 17.2 Å². The Labute approximate surface area is 114 Å². The van der Waals surface area contributed by atoms with Crippen molar-refractivity contribution < 1.29 is 23.9 Å². The van der Waals surface area contributed by atoms with Crippen LogP contribution in [-0.4, -0.2) is 29.4 Å². The minimum Gasteiger partial charge on any atom is -0.490 e. The monoisotopic (exact) mass is 275 g/mol. The van der Waals surface area contributed by atoms with Gasteiger partial charge in [-0.1, -0.05) is 11.2 Å². The first kappa shape index (κ1) is 12.5. The topological polar surface area (TPSA) is 81.8 Å². The molecule has 1 N–H and O–H groups in total. The van der Waals surface area contributed by atoms with Gasteiger partial charge in [0, 0.05) is 6.42 Å². The molecular formula is C14H13NO5. The Kier molecular flexibility index (Phi) is 3.06. The van der Waals surface area contributed by atoms with Crippen molar-refractivity contribution in [3.05, 3.63) is 29.7 Å². The first-order chi connectivity index (χ1) is 9.66. The lowest BCUT2D eigenvalue weighted by molar-refractivity contribution is 0.0686. The van der Waals surface area contributed by atoms with Gasteiger partial charge in [-0.2, -0.15) is 0 Å². The van der Waals surface area contributed by atoms with E-state index in [1.165, 1.54) is 0 Å². The second kappa shape index (κ2) is 4.88. The number of nitrogens with zero attached hydrogens (tertiary/aromatic N) is 1. The molecule has 0 saturated carbocycles. The average Bonchev–Trinajstić information content (AvgIpc) is 2.68. The Bertz CT molecular complexity index is 662. The Hall–Kier alpha value is -2.50. The fourth-order valence-electron chi connectivity index (χ4n) is 2.18. The molecule has 2 heterocycles. The summed E-state index contributed by atoms with van der Waals surface area (Å²) in [7, 11) is 0. The Morgan fingerprint density at radius 3 is 2.75 bits per heavy atom. The Balaban J connectivity index is 2.09. The van der Waals surface area contributed by atoms with Crippen LogP contribution in [0.3, 0.4) is 0 Å². The second-order valence-electron chi connectivity index (χ2n) is 4.48. The number of rotatable bonds is 2. The number of carboxylic acid groups (broad SMARTS) is 1. The fraction of sp³-hybridized carbons (Fsp3) is 0.286. The van der Waals surface area contributed by atoms with E-state index in [9.17, 15) is 4.79 Å². The van der Waals surface area contributed by atoms with Crippen molar-refractivity contribution >= 4 is 5.97 Å². The molecule has 0 amide bonds. The molecule has 0 unspecified atom stereocenters. The molecule has 104 valence electrons. The molecule has 0 radical (unpaired) electrons. The van der Waals surface area contributed by atoms with E-state index in [0.717, 1.165) is 6.42 Å². The molecule has 0 aliphatic carbocycles. The van der Waals surface area contributed by atoms with Crippen molar-refractivity contribution in [3.8, 4) is 22.6 Å². The molecule has 20 heavy (non-hydrogen) atoms. The average molecular weight is 275 g/mol. The highest BCUT2D eigenvalue weighted by Crippen LogP contribution is 2.36. The van der Waals surface area contributed by atoms with Crippen LogP contribution in [-0.2, 0) is 0 Å². The van der Waals surface area contributed by atoms with Crippen molar-refractivity contribution in [2.75, 3.05) is 13.2 Å². The highest BCUT2D eigenvalue weighted by atomic mass is 16.5. The summed E-state index contributed by atoms with van der Waals surface area (Å²) < 4.78 is 16.1. The van der Waals surface area contributed by atoms with Crippen LogP contribution in [0.2, 0.25) is 0 Å². The summed E-state index contributed by atoms with van der Waals surface area (Å²) in [6, 6.07) is 5.31. The first-order valence-corrected chi connectivity index (χ1v) is 6.26. The number of hydrogen-bond donors (Lipinski definition) is 1. The Morgan fingerprint density at radius 1 is 1.25 bits per heavy atom. The van der Waals surface area contributed by atoms with Gasteiger partial charge in [0.2, 0.25) is 0 Å². The Morgan fingerprint density at radius 2 is 2.00 bits per heavy atom. The maximum Gasteiger partial charge on any atom is 0.358 e. The highest BCUT2D eigenvalue weighted by molar-refractivity contribution is 5.94. The van der Waals surface area contributed by atoms with Gasteiger partial charge in [-0.3, -0.25) is 0 Å². The van der Waals surface area contributed by atoms with Crippen LogP contribution >= 0.6 is 0 Å². The van der Waals surface area contributed by atoms with Crippen LogP contribution in [0.5, 0.6) is 11.5 Å². The molecule has 1 aromatic heterocycles. The summed E-state index contributed by atoms with van der Waals surface area (Å²) >= 11 is 0. The molecular weight excluding hydrogens is 262 g/mol. The molecule has 1 aliphatic heterocycles. The summed E-state index contributed by atoms with van der Waals surface area (Å²) in [6.07, 6.45) is 0.816.